The third-order valence-electron chi connectivity index (χ3n) is 3.40. The first-order valence-electron chi connectivity index (χ1n) is 6.89. The van der Waals surface area contributed by atoms with E-state index in [1.165, 1.54) is 28.4 Å². The van der Waals surface area contributed by atoms with E-state index < -0.39 is 12.0 Å². The normalized spacial score (nSPS) is 12.3. The molecule has 1 aromatic carbocycles. The maximum absolute atomic E-state index is 12.3. The lowest BCUT2D eigenvalue weighted by Crippen LogP contribution is -2.24. The first-order valence-corrected chi connectivity index (χ1v) is 7.71. The Morgan fingerprint density at radius 1 is 1.39 bits per heavy atom. The van der Waals surface area contributed by atoms with Crippen molar-refractivity contribution in [1.29, 1.82) is 0 Å². The minimum Gasteiger partial charge on any atom is -0.478 e. The second kappa shape index (κ2) is 5.81. The van der Waals surface area contributed by atoms with Gasteiger partial charge in [0.05, 0.1) is 22.0 Å². The molecule has 3 rings (SSSR count). The number of hydrogen-bond donors (Lipinski definition) is 2. The van der Waals surface area contributed by atoms with Crippen LogP contribution in [0, 0.1) is 6.92 Å². The minimum atomic E-state index is -1.08. The quantitative estimate of drug-likeness (QED) is 0.766. The van der Waals surface area contributed by atoms with Gasteiger partial charge < -0.3 is 10.4 Å². The number of carbonyl (C=O) groups is 2. The molecule has 8 heteroatoms. The highest BCUT2D eigenvalue weighted by atomic mass is 32.1. The van der Waals surface area contributed by atoms with Crippen molar-refractivity contribution < 1.29 is 14.7 Å². The van der Waals surface area contributed by atoms with Crippen LogP contribution in [-0.4, -0.2) is 31.7 Å². The third kappa shape index (κ3) is 3.07. The zero-order chi connectivity index (χ0) is 16.6. The van der Waals surface area contributed by atoms with Crippen LogP contribution in [0.15, 0.2) is 30.6 Å². The summed E-state index contributed by atoms with van der Waals surface area (Å²) in [6.45, 7) is 3.64. The Balaban J connectivity index is 1.77. The molecule has 0 saturated heterocycles. The van der Waals surface area contributed by atoms with Crippen molar-refractivity contribution in [3.05, 3.63) is 41.7 Å². The fraction of sp³-hybridized carbons (Fsp3) is 0.200. The summed E-state index contributed by atoms with van der Waals surface area (Å²) in [5.74, 6) is -1.38. The van der Waals surface area contributed by atoms with E-state index in [9.17, 15) is 9.59 Å². The maximum Gasteiger partial charge on any atom is 0.338 e. The molecule has 0 aliphatic carbocycles. The summed E-state index contributed by atoms with van der Waals surface area (Å²) in [5.41, 5.74) is 2.00. The number of thiazole rings is 1. The molecule has 0 radical (unpaired) electrons. The van der Waals surface area contributed by atoms with Crippen LogP contribution in [0.4, 0.5) is 5.13 Å². The number of amides is 1. The topological polar surface area (TPSA) is 97.1 Å². The van der Waals surface area contributed by atoms with Gasteiger partial charge >= 0.3 is 5.97 Å². The van der Waals surface area contributed by atoms with Gasteiger partial charge in [-0.3, -0.25) is 9.48 Å². The fourth-order valence-electron chi connectivity index (χ4n) is 2.08. The number of rotatable bonds is 4. The molecule has 3 aromatic rings. The summed E-state index contributed by atoms with van der Waals surface area (Å²) in [7, 11) is 0. The molecule has 0 spiro atoms. The second-order valence-electron chi connectivity index (χ2n) is 5.17. The van der Waals surface area contributed by atoms with Crippen LogP contribution in [0.25, 0.3) is 10.2 Å². The van der Waals surface area contributed by atoms with Crippen molar-refractivity contribution in [2.24, 2.45) is 0 Å². The van der Waals surface area contributed by atoms with Crippen LogP contribution in [0.2, 0.25) is 0 Å². The summed E-state index contributed by atoms with van der Waals surface area (Å²) in [5, 5.41) is 16.1. The van der Waals surface area contributed by atoms with Gasteiger partial charge in [0.2, 0.25) is 0 Å². The van der Waals surface area contributed by atoms with Crippen LogP contribution in [-0.2, 0) is 4.79 Å². The summed E-state index contributed by atoms with van der Waals surface area (Å²) in [4.78, 5) is 27.5. The van der Waals surface area contributed by atoms with Crippen LogP contribution in [0.3, 0.4) is 0 Å². The third-order valence-corrected chi connectivity index (χ3v) is 4.33. The molecule has 2 aromatic heterocycles. The predicted octanol–water partition coefficient (Wildman–Crippen LogP) is 2.70. The van der Waals surface area contributed by atoms with Crippen molar-refractivity contribution in [3.63, 3.8) is 0 Å². The molecular weight excluding hydrogens is 316 g/mol. The summed E-state index contributed by atoms with van der Waals surface area (Å²) in [6.07, 6.45) is 2.54. The largest absolute Gasteiger partial charge is 0.478 e. The number of hydrogen-bond acceptors (Lipinski definition) is 5. The van der Waals surface area contributed by atoms with Gasteiger partial charge in [0.25, 0.3) is 5.91 Å². The van der Waals surface area contributed by atoms with Crippen molar-refractivity contribution in [1.82, 2.24) is 14.8 Å². The van der Waals surface area contributed by atoms with Crippen molar-refractivity contribution in [2.45, 2.75) is 19.9 Å². The van der Waals surface area contributed by atoms with Gasteiger partial charge in [0.15, 0.2) is 5.13 Å². The van der Waals surface area contributed by atoms with E-state index in [4.69, 9.17) is 5.11 Å². The van der Waals surface area contributed by atoms with Gasteiger partial charge in [0, 0.05) is 6.20 Å². The zero-order valence-corrected chi connectivity index (χ0v) is 13.3. The van der Waals surface area contributed by atoms with Gasteiger partial charge in [-0.25, -0.2) is 9.78 Å². The molecule has 0 saturated carbocycles. The van der Waals surface area contributed by atoms with E-state index in [-0.39, 0.29) is 11.5 Å². The van der Waals surface area contributed by atoms with Gasteiger partial charge in [-0.2, -0.15) is 5.10 Å². The lowest BCUT2D eigenvalue weighted by atomic mass is 10.2. The van der Waals surface area contributed by atoms with E-state index >= 15 is 0 Å². The van der Waals surface area contributed by atoms with Gasteiger partial charge in [0.1, 0.15) is 6.04 Å². The number of aryl methyl sites for hydroxylation is 1. The first kappa shape index (κ1) is 15.2. The number of benzene rings is 1. The van der Waals surface area contributed by atoms with Crippen LogP contribution in [0.1, 0.15) is 28.9 Å². The van der Waals surface area contributed by atoms with Crippen molar-refractivity contribution in [2.75, 3.05) is 5.32 Å². The number of carboxylic acid groups (broad SMARTS) is 1. The monoisotopic (exact) mass is 330 g/mol. The number of nitrogens with one attached hydrogen (secondary N) is 1. The number of fused-ring (bicyclic) bond motifs is 1. The molecule has 0 aliphatic rings. The summed E-state index contributed by atoms with van der Waals surface area (Å²) < 4.78 is 2.32. The Hall–Kier alpha value is -2.74. The highest BCUT2D eigenvalue weighted by Gasteiger charge is 2.19. The minimum absolute atomic E-state index is 0.0418. The number of nitrogens with zero attached hydrogens (tertiary/aromatic N) is 3. The Bertz CT molecular complexity index is 899. The van der Waals surface area contributed by atoms with Crippen LogP contribution < -0.4 is 5.32 Å². The Labute approximate surface area is 135 Å². The van der Waals surface area contributed by atoms with Crippen molar-refractivity contribution >= 4 is 38.6 Å². The number of carboxylic acids is 1. The Kier molecular flexibility index (Phi) is 3.83. The molecule has 0 fully saturated rings. The average Bonchev–Trinajstić information content (AvgIpc) is 3.12. The van der Waals surface area contributed by atoms with Crippen LogP contribution in [0.5, 0.6) is 0 Å². The molecular formula is C15H14N4O3S. The molecule has 7 nitrogen and oxygen atoms in total. The van der Waals surface area contributed by atoms with E-state index in [0.29, 0.717) is 5.13 Å². The Morgan fingerprint density at radius 3 is 2.87 bits per heavy atom. The highest BCUT2D eigenvalue weighted by molar-refractivity contribution is 7.22. The molecule has 1 atom stereocenters. The molecule has 118 valence electrons. The van der Waals surface area contributed by atoms with Gasteiger partial charge in [-0.05, 0) is 31.5 Å². The summed E-state index contributed by atoms with van der Waals surface area (Å²) >= 11 is 1.40. The second-order valence-corrected chi connectivity index (χ2v) is 6.20. The smallest absolute Gasteiger partial charge is 0.338 e. The lowest BCUT2D eigenvalue weighted by molar-refractivity contribution is -0.119. The Morgan fingerprint density at radius 2 is 2.17 bits per heavy atom. The lowest BCUT2D eigenvalue weighted by Gasteiger charge is -2.10. The molecule has 2 N–H and O–H groups in total. The standard InChI is InChI=1S/C15H14N4O3S/c1-8-3-4-11-12(5-8)23-15(17-11)18-13(20)9(2)19-7-10(6-16-19)14(21)22/h3-7,9H,1-2H3,(H,21,22)(H,17,18,20). The molecule has 1 unspecified atom stereocenters. The van der Waals surface area contributed by atoms with Crippen LogP contribution >= 0.6 is 11.3 Å². The number of aromatic nitrogens is 3. The average molecular weight is 330 g/mol. The van der Waals surface area contributed by atoms with E-state index in [2.05, 4.69) is 15.4 Å². The number of anilines is 1. The van der Waals surface area contributed by atoms with E-state index in [0.717, 1.165) is 15.8 Å². The van der Waals surface area contributed by atoms with Gasteiger partial charge in [-0.1, -0.05) is 17.4 Å². The van der Waals surface area contributed by atoms with Crippen molar-refractivity contribution in [3.8, 4) is 0 Å². The maximum atomic E-state index is 12.3. The van der Waals surface area contributed by atoms with E-state index in [1.807, 2.05) is 25.1 Å². The zero-order valence-electron chi connectivity index (χ0n) is 12.5. The fourth-order valence-corrected chi connectivity index (χ4v) is 3.04. The SMILES string of the molecule is Cc1ccc2nc(NC(=O)C(C)n3cc(C(=O)O)cn3)sc2c1. The number of carbonyl (C=O) groups excluding carboxylic acids is 1. The van der Waals surface area contributed by atoms with Gasteiger partial charge in [-0.15, -0.1) is 0 Å². The highest BCUT2D eigenvalue weighted by Crippen LogP contribution is 2.27. The molecule has 0 bridgehead atoms. The summed E-state index contributed by atoms with van der Waals surface area (Å²) in [6, 6.07) is 5.25. The number of aromatic carboxylic acids is 1. The molecule has 2 heterocycles. The van der Waals surface area contributed by atoms with E-state index in [1.54, 1.807) is 6.92 Å². The predicted molar refractivity (Wildman–Crippen MR) is 86.9 cm³/mol. The molecule has 23 heavy (non-hydrogen) atoms. The first-order chi connectivity index (χ1) is 10.9. The molecule has 0 aliphatic heterocycles. The molecule has 1 amide bonds.